The second-order valence-corrected chi connectivity index (χ2v) is 8.68. The minimum atomic E-state index is -4.86. The van der Waals surface area contributed by atoms with Crippen molar-refractivity contribution >= 4 is 5.91 Å². The minimum absolute atomic E-state index is 0.129. The summed E-state index contributed by atoms with van der Waals surface area (Å²) in [6.07, 6.45) is -6.57. The van der Waals surface area contributed by atoms with Crippen molar-refractivity contribution < 1.29 is 40.6 Å². The van der Waals surface area contributed by atoms with E-state index in [1.807, 2.05) is 0 Å². The average molecular weight is 489 g/mol. The third kappa shape index (κ3) is 4.35. The fourth-order valence-electron chi connectivity index (χ4n) is 4.30. The summed E-state index contributed by atoms with van der Waals surface area (Å²) in [6, 6.07) is 5.38. The summed E-state index contributed by atoms with van der Waals surface area (Å²) in [5, 5.41) is 2.55. The molecule has 0 unspecified atom stereocenters. The van der Waals surface area contributed by atoms with Crippen LogP contribution in [0.4, 0.5) is 26.3 Å². The van der Waals surface area contributed by atoms with Crippen LogP contribution in [0.25, 0.3) is 0 Å². The number of nitrogens with one attached hydrogen (secondary N) is 1. The maximum absolute atomic E-state index is 14.4. The van der Waals surface area contributed by atoms with E-state index in [4.69, 9.17) is 9.47 Å². The molecular weight excluding hydrogens is 464 g/mol. The van der Waals surface area contributed by atoms with E-state index in [2.05, 4.69) is 5.32 Å². The number of aryl methyl sites for hydroxylation is 1. The Morgan fingerprint density at radius 1 is 1.15 bits per heavy atom. The number of rotatable bonds is 5. The molecule has 3 rings (SSSR count). The Kier molecular flexibility index (Phi) is 6.94. The number of amides is 1. The van der Waals surface area contributed by atoms with E-state index >= 15 is 0 Å². The Hall–Kier alpha value is -2.75. The lowest BCUT2D eigenvalue weighted by Crippen LogP contribution is -2.47. The molecule has 0 bridgehead atoms. The molecule has 5 atom stereocenters. The van der Waals surface area contributed by atoms with Crippen LogP contribution in [0, 0.1) is 30.3 Å². The van der Waals surface area contributed by atoms with Crippen molar-refractivity contribution in [3.8, 4) is 5.75 Å². The van der Waals surface area contributed by atoms with Crippen molar-refractivity contribution in [2.45, 2.75) is 57.5 Å². The monoisotopic (exact) mass is 489 g/mol. The molecule has 1 fully saturated rings. The number of hydrogen-bond donors (Lipinski definition) is 1. The summed E-state index contributed by atoms with van der Waals surface area (Å²) >= 11 is 0. The highest BCUT2D eigenvalue weighted by atomic mass is 19.4. The van der Waals surface area contributed by atoms with E-state index in [0.29, 0.717) is 11.1 Å². The predicted molar refractivity (Wildman–Crippen MR) is 112 cm³/mol. The molecule has 10 heteroatoms. The Labute approximate surface area is 193 Å². The molecule has 186 valence electrons. The summed E-state index contributed by atoms with van der Waals surface area (Å²) in [6.45, 7) is 5.14. The first-order valence-corrected chi connectivity index (χ1v) is 10.6. The van der Waals surface area contributed by atoms with Crippen LogP contribution in [0.2, 0.25) is 0 Å². The lowest BCUT2D eigenvalue weighted by molar-refractivity contribution is -0.272. The zero-order chi connectivity index (χ0) is 25.6. The summed E-state index contributed by atoms with van der Waals surface area (Å²) in [5.74, 6) is -7.33. The van der Waals surface area contributed by atoms with Crippen molar-refractivity contribution in [3.63, 3.8) is 0 Å². The second-order valence-electron chi connectivity index (χ2n) is 8.68. The summed E-state index contributed by atoms with van der Waals surface area (Å²) < 4.78 is 94.4. The lowest BCUT2D eigenvalue weighted by Gasteiger charge is -2.32. The van der Waals surface area contributed by atoms with Gasteiger partial charge >= 0.3 is 6.18 Å². The first-order valence-electron chi connectivity index (χ1n) is 10.6. The molecule has 1 N–H and O–H groups in total. The lowest BCUT2D eigenvalue weighted by atomic mass is 9.77. The SMILES string of the molecule is COc1c([C@H]2[C@H](C(=O)N[C@H](C)c3ccc(C)c(F)c3)O[C@@](C)(C(F)(F)F)[C@H]2C)ccc(F)c1F. The third-order valence-electron chi connectivity index (χ3n) is 6.63. The Morgan fingerprint density at radius 3 is 2.35 bits per heavy atom. The molecule has 2 aromatic carbocycles. The van der Waals surface area contributed by atoms with E-state index in [0.717, 1.165) is 26.2 Å². The van der Waals surface area contributed by atoms with Gasteiger partial charge in [0.25, 0.3) is 0 Å². The van der Waals surface area contributed by atoms with Crippen molar-refractivity contribution in [1.82, 2.24) is 5.32 Å². The van der Waals surface area contributed by atoms with Crippen LogP contribution < -0.4 is 10.1 Å². The molecule has 1 aliphatic rings. The van der Waals surface area contributed by atoms with Gasteiger partial charge in [0.2, 0.25) is 11.7 Å². The van der Waals surface area contributed by atoms with Gasteiger partial charge in [0.05, 0.1) is 13.2 Å². The van der Waals surface area contributed by atoms with Gasteiger partial charge in [0.15, 0.2) is 17.2 Å². The van der Waals surface area contributed by atoms with E-state index in [1.165, 1.54) is 26.0 Å². The standard InChI is InChI=1S/C24H25F6NO3/c1-11-6-7-14(10-17(11)26)13(3)31-22(32)21-18(12(2)23(4,34-21)24(28,29)30)15-8-9-16(25)19(27)20(15)33-5/h6-10,12-13,18,21H,1-5H3,(H,31,32)/t12-,13+,18-,21+,23+/m0/s1. The van der Waals surface area contributed by atoms with Crippen molar-refractivity contribution in [2.75, 3.05) is 7.11 Å². The van der Waals surface area contributed by atoms with Crippen LogP contribution in [0.15, 0.2) is 30.3 Å². The Morgan fingerprint density at radius 2 is 1.79 bits per heavy atom. The fraction of sp³-hybridized carbons (Fsp3) is 0.458. The molecule has 34 heavy (non-hydrogen) atoms. The average Bonchev–Trinajstić information content (AvgIpc) is 3.04. The third-order valence-corrected chi connectivity index (χ3v) is 6.63. The quantitative estimate of drug-likeness (QED) is 0.545. The molecule has 0 saturated carbocycles. The topological polar surface area (TPSA) is 47.6 Å². The first-order chi connectivity index (χ1) is 15.7. The minimum Gasteiger partial charge on any atom is -0.493 e. The largest absolute Gasteiger partial charge is 0.493 e. The van der Waals surface area contributed by atoms with E-state index in [1.54, 1.807) is 13.0 Å². The van der Waals surface area contributed by atoms with Crippen LogP contribution in [0.1, 0.15) is 49.4 Å². The highest BCUT2D eigenvalue weighted by Gasteiger charge is 2.66. The molecule has 0 spiro atoms. The van der Waals surface area contributed by atoms with E-state index in [-0.39, 0.29) is 5.56 Å². The summed E-state index contributed by atoms with van der Waals surface area (Å²) in [5.41, 5.74) is -2.10. The van der Waals surface area contributed by atoms with Gasteiger partial charge in [-0.15, -0.1) is 0 Å². The highest BCUT2D eigenvalue weighted by molar-refractivity contribution is 5.83. The smallest absolute Gasteiger partial charge is 0.417 e. The number of carbonyl (C=O) groups is 1. The molecule has 0 aromatic heterocycles. The zero-order valence-corrected chi connectivity index (χ0v) is 19.2. The number of methoxy groups -OCH3 is 1. The summed E-state index contributed by atoms with van der Waals surface area (Å²) in [7, 11) is 1.05. The zero-order valence-electron chi connectivity index (χ0n) is 19.2. The van der Waals surface area contributed by atoms with Crippen LogP contribution in [-0.2, 0) is 9.53 Å². The van der Waals surface area contributed by atoms with Gasteiger partial charge < -0.3 is 14.8 Å². The van der Waals surface area contributed by atoms with Crippen LogP contribution in [-0.4, -0.2) is 30.9 Å². The van der Waals surface area contributed by atoms with Gasteiger partial charge in [0, 0.05) is 17.4 Å². The van der Waals surface area contributed by atoms with E-state index < -0.39 is 64.9 Å². The molecule has 0 radical (unpaired) electrons. The van der Waals surface area contributed by atoms with Crippen molar-refractivity contribution in [1.29, 1.82) is 0 Å². The maximum Gasteiger partial charge on any atom is 0.417 e. The van der Waals surface area contributed by atoms with Crippen LogP contribution in [0.5, 0.6) is 5.75 Å². The Bertz CT molecular complexity index is 1090. The maximum atomic E-state index is 14.4. The van der Waals surface area contributed by atoms with Gasteiger partial charge in [0.1, 0.15) is 11.9 Å². The van der Waals surface area contributed by atoms with Crippen molar-refractivity contribution in [3.05, 3.63) is 64.5 Å². The molecule has 2 aromatic rings. The highest BCUT2D eigenvalue weighted by Crippen LogP contribution is 2.54. The number of hydrogen-bond acceptors (Lipinski definition) is 3. The van der Waals surface area contributed by atoms with Gasteiger partial charge in [-0.3, -0.25) is 4.79 Å². The first kappa shape index (κ1) is 25.9. The van der Waals surface area contributed by atoms with Crippen LogP contribution in [0.3, 0.4) is 0 Å². The normalized spacial score (nSPS) is 25.8. The Balaban J connectivity index is 2.03. The van der Waals surface area contributed by atoms with E-state index in [9.17, 15) is 31.1 Å². The number of carbonyl (C=O) groups excluding carboxylic acids is 1. The summed E-state index contributed by atoms with van der Waals surface area (Å²) in [4.78, 5) is 13.2. The predicted octanol–water partition coefficient (Wildman–Crippen LogP) is 5.74. The number of benzene rings is 2. The van der Waals surface area contributed by atoms with Gasteiger partial charge in [-0.2, -0.15) is 17.6 Å². The molecular formula is C24H25F6NO3. The van der Waals surface area contributed by atoms with Gasteiger partial charge in [-0.05, 0) is 44.0 Å². The molecule has 1 amide bonds. The van der Waals surface area contributed by atoms with Gasteiger partial charge in [-0.25, -0.2) is 8.78 Å². The number of halogens is 6. The number of ether oxygens (including phenoxy) is 2. The van der Waals surface area contributed by atoms with Crippen molar-refractivity contribution in [2.24, 2.45) is 5.92 Å². The molecule has 0 aliphatic carbocycles. The van der Waals surface area contributed by atoms with Gasteiger partial charge in [-0.1, -0.05) is 25.1 Å². The van der Waals surface area contributed by atoms with Crippen LogP contribution >= 0.6 is 0 Å². The molecule has 4 nitrogen and oxygen atoms in total. The second kappa shape index (κ2) is 9.13. The molecule has 1 saturated heterocycles. The fourth-order valence-corrected chi connectivity index (χ4v) is 4.30. The molecule has 1 heterocycles. The number of alkyl halides is 3. The molecule has 1 aliphatic heterocycles.